The van der Waals surface area contributed by atoms with Gasteiger partial charge < -0.3 is 20.6 Å². The number of benzene rings is 1. The van der Waals surface area contributed by atoms with E-state index >= 15 is 0 Å². The minimum atomic E-state index is -2.86. The maximum atomic E-state index is 14.1. The van der Waals surface area contributed by atoms with Crippen molar-refractivity contribution in [3.8, 4) is 17.1 Å². The van der Waals surface area contributed by atoms with Crippen molar-refractivity contribution in [1.29, 1.82) is 0 Å². The molecule has 204 valence electrons. The first kappa shape index (κ1) is 26.5. The number of fused-ring (bicyclic) bond motifs is 1. The van der Waals surface area contributed by atoms with Crippen molar-refractivity contribution in [2.24, 2.45) is 0 Å². The third-order valence-electron chi connectivity index (χ3n) is 7.18. The smallest absolute Gasteiger partial charge is 0.281 e. The maximum Gasteiger partial charge on any atom is 0.281 e. The fraction of sp³-hybridized carbons (Fsp3) is 0.357. The lowest BCUT2D eigenvalue weighted by Gasteiger charge is -2.21. The highest BCUT2D eigenvalue weighted by molar-refractivity contribution is 6.07. The lowest BCUT2D eigenvalue weighted by Crippen LogP contribution is -2.38. The number of aryl methyl sites for hydroxylation is 2. The number of aromatic nitrogens is 4. The van der Waals surface area contributed by atoms with Crippen LogP contribution in [0, 0.1) is 13.8 Å². The summed E-state index contributed by atoms with van der Waals surface area (Å²) in [7, 11) is 1.72. The molecule has 11 heteroatoms. The Balaban J connectivity index is 1.49. The fourth-order valence-corrected chi connectivity index (χ4v) is 4.87. The van der Waals surface area contributed by atoms with Crippen LogP contribution in [0.4, 0.5) is 14.5 Å². The van der Waals surface area contributed by atoms with Crippen molar-refractivity contribution in [3.05, 3.63) is 65.1 Å². The van der Waals surface area contributed by atoms with Gasteiger partial charge in [0.05, 0.1) is 46.6 Å². The molecule has 0 saturated carbocycles. The number of halogens is 2. The minimum Gasteiger partial charge on any atom is -0.508 e. The number of anilines is 1. The van der Waals surface area contributed by atoms with Crippen LogP contribution >= 0.6 is 0 Å². The summed E-state index contributed by atoms with van der Waals surface area (Å²) >= 11 is 0. The molecule has 1 aliphatic heterocycles. The Hall–Kier alpha value is -4.12. The summed E-state index contributed by atoms with van der Waals surface area (Å²) in [5.41, 5.74) is 4.84. The lowest BCUT2D eigenvalue weighted by atomic mass is 10.0. The Morgan fingerprint density at radius 2 is 2.00 bits per heavy atom. The number of rotatable bonds is 7. The molecule has 1 aliphatic rings. The molecular formula is C28H31F2N7O2. The van der Waals surface area contributed by atoms with E-state index in [0.29, 0.717) is 45.8 Å². The largest absolute Gasteiger partial charge is 0.508 e. The molecule has 1 amide bonds. The monoisotopic (exact) mass is 535 g/mol. The number of carbonyl (C=O) groups is 1. The van der Waals surface area contributed by atoms with Crippen molar-refractivity contribution >= 4 is 22.5 Å². The molecule has 1 fully saturated rings. The number of nitrogens with zero attached hydrogens (tertiary/aromatic N) is 5. The van der Waals surface area contributed by atoms with E-state index in [1.165, 1.54) is 12.1 Å². The van der Waals surface area contributed by atoms with E-state index < -0.39 is 12.0 Å². The van der Waals surface area contributed by atoms with Crippen LogP contribution in [0.3, 0.4) is 0 Å². The molecule has 0 radical (unpaired) electrons. The Morgan fingerprint density at radius 3 is 2.67 bits per heavy atom. The summed E-state index contributed by atoms with van der Waals surface area (Å²) in [5, 5.41) is 20.6. The Kier molecular flexibility index (Phi) is 6.94. The van der Waals surface area contributed by atoms with E-state index in [1.807, 2.05) is 18.5 Å². The first-order chi connectivity index (χ1) is 18.6. The zero-order valence-corrected chi connectivity index (χ0v) is 22.3. The lowest BCUT2D eigenvalue weighted by molar-refractivity contribution is 0.0139. The van der Waals surface area contributed by atoms with E-state index in [4.69, 9.17) is 4.98 Å². The van der Waals surface area contributed by atoms with Gasteiger partial charge in [0.25, 0.3) is 11.8 Å². The quantitative estimate of drug-likeness (QED) is 0.327. The highest BCUT2D eigenvalue weighted by atomic mass is 19.3. The molecule has 1 saturated heterocycles. The van der Waals surface area contributed by atoms with Crippen molar-refractivity contribution in [2.45, 2.75) is 45.8 Å². The van der Waals surface area contributed by atoms with Gasteiger partial charge in [0.15, 0.2) is 0 Å². The predicted octanol–water partition coefficient (Wildman–Crippen LogP) is 4.13. The number of hydrogen-bond donors (Lipinski definition) is 3. The molecule has 0 bridgehead atoms. The third kappa shape index (κ3) is 5.14. The normalized spacial score (nSPS) is 16.5. The molecule has 1 unspecified atom stereocenters. The van der Waals surface area contributed by atoms with E-state index in [-0.39, 0.29) is 24.7 Å². The van der Waals surface area contributed by atoms with Gasteiger partial charge in [-0.25, -0.2) is 18.7 Å². The molecule has 3 aromatic heterocycles. The topological polar surface area (TPSA) is 108 Å². The second kappa shape index (κ2) is 10.2. The third-order valence-corrected chi connectivity index (χ3v) is 7.18. The Labute approximate surface area is 224 Å². The summed E-state index contributed by atoms with van der Waals surface area (Å²) in [6.07, 6.45) is 1.77. The molecule has 0 aliphatic carbocycles. The number of phenolic OH excluding ortho intramolecular Hbond substituents is 1. The van der Waals surface area contributed by atoms with Gasteiger partial charge in [-0.3, -0.25) is 9.48 Å². The second-order valence-corrected chi connectivity index (χ2v) is 9.91. The second-order valence-electron chi connectivity index (χ2n) is 9.91. The van der Waals surface area contributed by atoms with Gasteiger partial charge in [0.2, 0.25) is 0 Å². The molecule has 9 nitrogen and oxygen atoms in total. The van der Waals surface area contributed by atoms with Crippen LogP contribution in [0.15, 0.2) is 42.6 Å². The molecule has 1 atom stereocenters. The number of hydrogen-bond acceptors (Lipinski definition) is 7. The number of pyridine rings is 2. The molecule has 1 aromatic carbocycles. The summed E-state index contributed by atoms with van der Waals surface area (Å²) in [4.78, 5) is 24.6. The number of nitrogens with one attached hydrogen (secondary N) is 2. The molecule has 4 heterocycles. The van der Waals surface area contributed by atoms with Crippen molar-refractivity contribution in [3.63, 3.8) is 0 Å². The first-order valence-electron chi connectivity index (χ1n) is 12.8. The summed E-state index contributed by atoms with van der Waals surface area (Å²) in [6.45, 7) is 6.61. The average Bonchev–Trinajstić information content (AvgIpc) is 3.43. The van der Waals surface area contributed by atoms with Crippen LogP contribution in [-0.2, 0) is 13.1 Å². The SMILES string of the molecule is CCn1ncc(CN(C)C(=O)c2cc(-c3ccc(NC4CNCC4(F)F)c(C)n3)nc3ccc(O)cc23)c1C. The van der Waals surface area contributed by atoms with Crippen LogP contribution in [0.1, 0.15) is 34.2 Å². The van der Waals surface area contributed by atoms with E-state index in [2.05, 4.69) is 20.7 Å². The maximum absolute atomic E-state index is 14.1. The van der Waals surface area contributed by atoms with E-state index in [1.54, 1.807) is 49.3 Å². The summed E-state index contributed by atoms with van der Waals surface area (Å²) < 4.78 is 30.1. The van der Waals surface area contributed by atoms with Gasteiger partial charge in [0.1, 0.15) is 11.8 Å². The summed E-state index contributed by atoms with van der Waals surface area (Å²) in [6, 6.07) is 8.73. The van der Waals surface area contributed by atoms with Gasteiger partial charge in [0, 0.05) is 43.3 Å². The summed E-state index contributed by atoms with van der Waals surface area (Å²) in [5.74, 6) is -3.08. The van der Waals surface area contributed by atoms with E-state index in [9.17, 15) is 18.7 Å². The number of alkyl halides is 2. The van der Waals surface area contributed by atoms with Crippen LogP contribution < -0.4 is 10.6 Å². The molecule has 5 rings (SSSR count). The van der Waals surface area contributed by atoms with Gasteiger partial charge >= 0.3 is 0 Å². The molecular weight excluding hydrogens is 504 g/mol. The van der Waals surface area contributed by atoms with Gasteiger partial charge in [-0.2, -0.15) is 5.10 Å². The molecule has 0 spiro atoms. The Morgan fingerprint density at radius 1 is 1.21 bits per heavy atom. The number of carbonyl (C=O) groups excluding carboxylic acids is 1. The zero-order chi connectivity index (χ0) is 27.9. The van der Waals surface area contributed by atoms with Gasteiger partial charge in [-0.1, -0.05) is 0 Å². The minimum absolute atomic E-state index is 0.0245. The molecule has 3 N–H and O–H groups in total. The average molecular weight is 536 g/mol. The van der Waals surface area contributed by atoms with Crippen LogP contribution in [-0.4, -0.2) is 67.8 Å². The first-order valence-corrected chi connectivity index (χ1v) is 12.8. The van der Waals surface area contributed by atoms with Crippen molar-refractivity contribution in [1.82, 2.24) is 30.0 Å². The van der Waals surface area contributed by atoms with Crippen LogP contribution in [0.2, 0.25) is 0 Å². The fourth-order valence-electron chi connectivity index (χ4n) is 4.87. The number of phenols is 1. The number of amides is 1. The highest BCUT2D eigenvalue weighted by Crippen LogP contribution is 2.30. The van der Waals surface area contributed by atoms with E-state index in [0.717, 1.165) is 17.8 Å². The molecule has 4 aromatic rings. The van der Waals surface area contributed by atoms with Crippen molar-refractivity contribution < 1.29 is 18.7 Å². The Bertz CT molecular complexity index is 1550. The predicted molar refractivity (Wildman–Crippen MR) is 145 cm³/mol. The standard InChI is InChI=1S/C28H31F2N7O2/c1-5-37-17(3)18(12-32-37)14-36(4)27(39)21-11-25(34-23-7-6-19(38)10-20(21)23)24-9-8-22(16(2)33-24)35-26-13-31-15-28(26,29)30/h6-12,26,31,35,38H,5,13-15H2,1-4H3. The zero-order valence-electron chi connectivity index (χ0n) is 22.3. The highest BCUT2D eigenvalue weighted by Gasteiger charge is 2.44. The van der Waals surface area contributed by atoms with Gasteiger partial charge in [-0.15, -0.1) is 0 Å². The number of aromatic hydroxyl groups is 1. The molecule has 39 heavy (non-hydrogen) atoms. The van der Waals surface area contributed by atoms with Gasteiger partial charge in [-0.05, 0) is 57.2 Å². The van der Waals surface area contributed by atoms with Crippen LogP contribution in [0.25, 0.3) is 22.3 Å². The van der Waals surface area contributed by atoms with Crippen molar-refractivity contribution in [2.75, 3.05) is 25.5 Å². The van der Waals surface area contributed by atoms with Crippen LogP contribution in [0.5, 0.6) is 5.75 Å².